The Labute approximate surface area is 123 Å². The molecular weight excluding hydrogens is 278 g/mol. The van der Waals surface area contributed by atoms with Gasteiger partial charge in [-0.3, -0.25) is 0 Å². The summed E-state index contributed by atoms with van der Waals surface area (Å²) < 4.78 is 5.86. The van der Waals surface area contributed by atoms with Crippen LogP contribution in [0, 0.1) is 0 Å². The van der Waals surface area contributed by atoms with Crippen molar-refractivity contribution in [3.05, 3.63) is 51.2 Å². The van der Waals surface area contributed by atoms with Gasteiger partial charge in [0.1, 0.15) is 5.75 Å². The average molecular weight is 296 g/mol. The lowest BCUT2D eigenvalue weighted by atomic mass is 10.1. The van der Waals surface area contributed by atoms with Gasteiger partial charge in [0, 0.05) is 22.4 Å². The van der Waals surface area contributed by atoms with Crippen LogP contribution in [0.15, 0.2) is 35.7 Å². The summed E-state index contributed by atoms with van der Waals surface area (Å²) in [6, 6.07) is 9.99. The number of nitrogens with two attached hydrogens (primary N) is 1. The van der Waals surface area contributed by atoms with Gasteiger partial charge in [0.15, 0.2) is 0 Å². The quantitative estimate of drug-likeness (QED) is 0.877. The highest BCUT2D eigenvalue weighted by molar-refractivity contribution is 7.09. The molecule has 0 bridgehead atoms. The first-order valence-electron chi connectivity index (χ1n) is 6.34. The van der Waals surface area contributed by atoms with E-state index in [2.05, 4.69) is 17.5 Å². The summed E-state index contributed by atoms with van der Waals surface area (Å²) in [5.74, 6) is 0.887. The Kier molecular flexibility index (Phi) is 5.25. The normalized spacial score (nSPS) is 12.4. The van der Waals surface area contributed by atoms with Crippen molar-refractivity contribution in [3.8, 4) is 5.75 Å². The lowest BCUT2D eigenvalue weighted by Gasteiger charge is -2.13. The Morgan fingerprint density at radius 3 is 2.89 bits per heavy atom. The predicted octanol–water partition coefficient (Wildman–Crippen LogP) is 3.91. The molecule has 0 radical (unpaired) electrons. The Balaban J connectivity index is 1.98. The highest BCUT2D eigenvalue weighted by Gasteiger charge is 2.07. The van der Waals surface area contributed by atoms with Crippen LogP contribution < -0.4 is 10.5 Å². The first-order chi connectivity index (χ1) is 9.15. The highest BCUT2D eigenvalue weighted by Crippen LogP contribution is 2.24. The molecule has 0 spiro atoms. The van der Waals surface area contributed by atoms with Gasteiger partial charge in [0.05, 0.1) is 6.61 Å². The van der Waals surface area contributed by atoms with Crippen LogP contribution in [-0.2, 0) is 12.8 Å². The standard InChI is InChI=1S/C15H18ClNOS/c1-11(17)9-12-10-13(16)4-5-15(12)18-7-6-14-3-2-8-19-14/h2-5,8,10-11H,6-7,9,17H2,1H3. The Morgan fingerprint density at radius 2 is 2.21 bits per heavy atom. The van der Waals surface area contributed by atoms with E-state index in [0.717, 1.165) is 29.2 Å². The number of hydrogen-bond donors (Lipinski definition) is 1. The Morgan fingerprint density at radius 1 is 1.37 bits per heavy atom. The van der Waals surface area contributed by atoms with E-state index in [-0.39, 0.29) is 6.04 Å². The van der Waals surface area contributed by atoms with Gasteiger partial charge < -0.3 is 10.5 Å². The average Bonchev–Trinajstić information content (AvgIpc) is 2.84. The fraction of sp³-hybridized carbons (Fsp3) is 0.333. The van der Waals surface area contributed by atoms with Crippen LogP contribution >= 0.6 is 22.9 Å². The van der Waals surface area contributed by atoms with Crippen LogP contribution in [0.4, 0.5) is 0 Å². The van der Waals surface area contributed by atoms with Crippen molar-refractivity contribution < 1.29 is 4.74 Å². The molecule has 1 atom stereocenters. The minimum absolute atomic E-state index is 0.0955. The van der Waals surface area contributed by atoms with Gasteiger partial charge in [0.25, 0.3) is 0 Å². The van der Waals surface area contributed by atoms with Crippen LogP contribution in [0.2, 0.25) is 5.02 Å². The minimum Gasteiger partial charge on any atom is -0.493 e. The molecule has 0 amide bonds. The van der Waals surface area contributed by atoms with E-state index in [1.165, 1.54) is 4.88 Å². The zero-order valence-electron chi connectivity index (χ0n) is 10.9. The number of rotatable bonds is 6. The monoisotopic (exact) mass is 295 g/mol. The molecule has 0 fully saturated rings. The molecule has 19 heavy (non-hydrogen) atoms. The molecule has 102 valence electrons. The third-order valence-electron chi connectivity index (χ3n) is 2.75. The molecule has 2 nitrogen and oxygen atoms in total. The molecule has 1 aromatic heterocycles. The summed E-state index contributed by atoms with van der Waals surface area (Å²) in [6.45, 7) is 2.66. The van der Waals surface area contributed by atoms with E-state index in [9.17, 15) is 0 Å². The number of ether oxygens (including phenoxy) is 1. The molecule has 2 aromatic rings. The molecule has 0 saturated carbocycles. The molecule has 1 aromatic carbocycles. The van der Waals surface area contributed by atoms with Crippen LogP contribution in [0.25, 0.3) is 0 Å². The van der Waals surface area contributed by atoms with Gasteiger partial charge >= 0.3 is 0 Å². The van der Waals surface area contributed by atoms with E-state index < -0.39 is 0 Å². The van der Waals surface area contributed by atoms with Crippen LogP contribution in [0.5, 0.6) is 5.75 Å². The second-order valence-corrected chi connectivity index (χ2v) is 6.08. The molecule has 0 aliphatic heterocycles. The van der Waals surface area contributed by atoms with Crippen molar-refractivity contribution in [2.24, 2.45) is 5.73 Å². The molecular formula is C15H18ClNOS. The zero-order chi connectivity index (χ0) is 13.7. The van der Waals surface area contributed by atoms with E-state index in [1.807, 2.05) is 25.1 Å². The molecule has 2 N–H and O–H groups in total. The van der Waals surface area contributed by atoms with E-state index >= 15 is 0 Å². The van der Waals surface area contributed by atoms with Gasteiger partial charge in [-0.25, -0.2) is 0 Å². The van der Waals surface area contributed by atoms with Crippen molar-refractivity contribution in [2.75, 3.05) is 6.61 Å². The van der Waals surface area contributed by atoms with Gasteiger partial charge in [-0.2, -0.15) is 0 Å². The lowest BCUT2D eigenvalue weighted by molar-refractivity contribution is 0.319. The minimum atomic E-state index is 0.0955. The maximum absolute atomic E-state index is 6.02. The summed E-state index contributed by atoms with van der Waals surface area (Å²) in [4.78, 5) is 1.34. The Bertz CT molecular complexity index is 511. The van der Waals surface area contributed by atoms with Gasteiger partial charge in [-0.15, -0.1) is 11.3 Å². The van der Waals surface area contributed by atoms with Crippen molar-refractivity contribution in [3.63, 3.8) is 0 Å². The molecule has 1 heterocycles. The van der Waals surface area contributed by atoms with Gasteiger partial charge in [0.2, 0.25) is 0 Å². The second-order valence-electron chi connectivity index (χ2n) is 4.61. The molecule has 0 saturated heterocycles. The first-order valence-corrected chi connectivity index (χ1v) is 7.60. The SMILES string of the molecule is CC(N)Cc1cc(Cl)ccc1OCCc1cccs1. The Hall–Kier alpha value is -1.03. The third-order valence-corrected chi connectivity index (χ3v) is 3.92. The lowest BCUT2D eigenvalue weighted by Crippen LogP contribution is -2.18. The third kappa shape index (κ3) is 4.53. The van der Waals surface area contributed by atoms with Crippen LogP contribution in [0.3, 0.4) is 0 Å². The number of thiophene rings is 1. The summed E-state index contributed by atoms with van der Waals surface area (Å²) in [7, 11) is 0. The summed E-state index contributed by atoms with van der Waals surface area (Å²) in [6.07, 6.45) is 1.70. The fourth-order valence-corrected chi connectivity index (χ4v) is 2.80. The molecule has 0 aliphatic rings. The van der Waals surface area contributed by atoms with Crippen molar-refractivity contribution in [1.82, 2.24) is 0 Å². The van der Waals surface area contributed by atoms with Crippen molar-refractivity contribution in [1.29, 1.82) is 0 Å². The van der Waals surface area contributed by atoms with E-state index in [0.29, 0.717) is 6.61 Å². The predicted molar refractivity (Wildman–Crippen MR) is 82.3 cm³/mol. The van der Waals surface area contributed by atoms with Gasteiger partial charge in [-0.1, -0.05) is 17.7 Å². The molecule has 1 unspecified atom stereocenters. The number of halogens is 1. The fourth-order valence-electron chi connectivity index (χ4n) is 1.91. The highest BCUT2D eigenvalue weighted by atomic mass is 35.5. The largest absolute Gasteiger partial charge is 0.493 e. The smallest absolute Gasteiger partial charge is 0.122 e. The van der Waals surface area contributed by atoms with Crippen molar-refractivity contribution >= 4 is 22.9 Å². The number of hydrogen-bond acceptors (Lipinski definition) is 3. The topological polar surface area (TPSA) is 35.2 Å². The summed E-state index contributed by atoms with van der Waals surface area (Å²) in [5, 5.41) is 2.81. The van der Waals surface area contributed by atoms with Crippen LogP contribution in [0.1, 0.15) is 17.4 Å². The van der Waals surface area contributed by atoms with E-state index in [4.69, 9.17) is 22.1 Å². The van der Waals surface area contributed by atoms with Crippen molar-refractivity contribution in [2.45, 2.75) is 25.8 Å². The molecule has 0 aliphatic carbocycles. The molecule has 4 heteroatoms. The second kappa shape index (κ2) is 6.94. The first kappa shape index (κ1) is 14.4. The zero-order valence-corrected chi connectivity index (χ0v) is 12.5. The summed E-state index contributed by atoms with van der Waals surface area (Å²) in [5.41, 5.74) is 6.93. The van der Waals surface area contributed by atoms with E-state index in [1.54, 1.807) is 11.3 Å². The van der Waals surface area contributed by atoms with Gasteiger partial charge in [-0.05, 0) is 48.6 Å². The number of benzene rings is 1. The summed E-state index contributed by atoms with van der Waals surface area (Å²) >= 11 is 7.78. The molecule has 2 rings (SSSR count). The maximum Gasteiger partial charge on any atom is 0.122 e. The van der Waals surface area contributed by atoms with Crippen LogP contribution in [-0.4, -0.2) is 12.6 Å². The maximum atomic E-state index is 6.02.